The van der Waals surface area contributed by atoms with Crippen molar-refractivity contribution in [1.82, 2.24) is 0 Å². The van der Waals surface area contributed by atoms with Gasteiger partial charge in [-0.1, -0.05) is 360 Å². The molecule has 0 spiro atoms. The highest BCUT2D eigenvalue weighted by Crippen LogP contribution is 2.48. The average Bonchev–Trinajstić information content (AvgIpc) is 0.741. The van der Waals surface area contributed by atoms with Crippen LogP contribution in [0.5, 0.6) is 11.5 Å². The quantitative estimate of drug-likeness (QED) is 0.0234. The molecule has 0 bridgehead atoms. The molecule has 0 saturated carbocycles. The van der Waals surface area contributed by atoms with Gasteiger partial charge in [-0.3, -0.25) is 0 Å². The highest BCUT2D eigenvalue weighted by atomic mass is 16.5. The van der Waals surface area contributed by atoms with Gasteiger partial charge in [0.1, 0.15) is 11.5 Å². The Hall–Kier alpha value is -11.5. The van der Waals surface area contributed by atoms with E-state index in [1.54, 1.807) is 0 Å². The molecule has 0 atom stereocenters. The summed E-state index contributed by atoms with van der Waals surface area (Å²) in [7, 11) is 0. The van der Waals surface area contributed by atoms with Crippen molar-refractivity contribution in [2.75, 3.05) is 0 Å². The van der Waals surface area contributed by atoms with Crippen LogP contribution < -0.4 is 9.47 Å². The summed E-state index contributed by atoms with van der Waals surface area (Å²) < 4.78 is 13.5. The van der Waals surface area contributed by atoms with Crippen molar-refractivity contribution in [3.05, 3.63) is 337 Å². The number of carbonyl (C=O) groups excluding carboxylic acids is 2. The van der Waals surface area contributed by atoms with Crippen molar-refractivity contribution in [3.63, 3.8) is 0 Å². The SMILES string of the molecule is CCCCCCCc1ccc(-c2ccc(-c3ccc(C(=O)Oc4ccc5cc(-c6ccc(-c7ccc(CCCCC)cc7)cc6)ccc5c4-c4c(OC(=O)c5ccc(-c6ccc(-c7ccc(CCCCCCC)cc7)cc6)cc5)ccc5cc(-c6ccc(-c7ccc(CCCCC)cc7)cc6)ccc45)cc3)cc2)cc1. The van der Waals surface area contributed by atoms with Crippen molar-refractivity contribution in [2.24, 2.45) is 0 Å². The second-order valence-electron chi connectivity index (χ2n) is 30.0. The Bertz CT molecular complexity index is 5000. The van der Waals surface area contributed by atoms with Gasteiger partial charge in [0.25, 0.3) is 0 Å². The first-order valence-electron chi connectivity index (χ1n) is 40.7. The molecule has 0 aliphatic heterocycles. The van der Waals surface area contributed by atoms with Crippen LogP contribution >= 0.6 is 0 Å². The lowest BCUT2D eigenvalue weighted by atomic mass is 9.89. The maximum Gasteiger partial charge on any atom is 0.343 e. The number of benzene rings is 14. The van der Waals surface area contributed by atoms with Gasteiger partial charge < -0.3 is 9.47 Å². The number of aryl methyl sites for hydroxylation is 4. The number of hydrogen-bond donors (Lipinski definition) is 0. The van der Waals surface area contributed by atoms with Crippen LogP contribution in [0.4, 0.5) is 0 Å². The third-order valence-corrected chi connectivity index (χ3v) is 22.2. The molecule has 4 nitrogen and oxygen atoms in total. The van der Waals surface area contributed by atoms with Crippen LogP contribution in [0.1, 0.15) is 173 Å². The molecular formula is C106H102O4. The zero-order valence-electron chi connectivity index (χ0n) is 64.6. The first kappa shape index (κ1) is 75.4. The van der Waals surface area contributed by atoms with Crippen molar-refractivity contribution in [1.29, 1.82) is 0 Å². The van der Waals surface area contributed by atoms with E-state index in [0.717, 1.165) is 114 Å². The number of esters is 2. The third-order valence-electron chi connectivity index (χ3n) is 22.2. The summed E-state index contributed by atoms with van der Waals surface area (Å²) >= 11 is 0. The number of ether oxygens (including phenoxy) is 2. The first-order chi connectivity index (χ1) is 54.1. The third kappa shape index (κ3) is 18.8. The molecule has 0 amide bonds. The van der Waals surface area contributed by atoms with Crippen LogP contribution in [-0.2, 0) is 25.7 Å². The molecule has 0 saturated heterocycles. The van der Waals surface area contributed by atoms with Crippen LogP contribution in [0.2, 0.25) is 0 Å². The zero-order valence-corrected chi connectivity index (χ0v) is 64.6. The Balaban J connectivity index is 0.796. The monoisotopic (exact) mass is 1440 g/mol. The fourth-order valence-electron chi connectivity index (χ4n) is 15.5. The molecule has 0 aromatic heterocycles. The smallest absolute Gasteiger partial charge is 0.343 e. The Morgan fingerprint density at radius 3 is 0.664 bits per heavy atom. The predicted octanol–water partition coefficient (Wildman–Crippen LogP) is 29.9. The molecule has 14 aromatic carbocycles. The summed E-state index contributed by atoms with van der Waals surface area (Å²) in [4.78, 5) is 30.0. The lowest BCUT2D eigenvalue weighted by molar-refractivity contribution is 0.0723. The van der Waals surface area contributed by atoms with E-state index in [4.69, 9.17) is 9.47 Å². The van der Waals surface area contributed by atoms with Crippen LogP contribution in [0.25, 0.3) is 122 Å². The van der Waals surface area contributed by atoms with Gasteiger partial charge in [0, 0.05) is 11.1 Å². The minimum atomic E-state index is -0.514. The second kappa shape index (κ2) is 37.1. The molecule has 0 radical (unpaired) electrons. The van der Waals surface area contributed by atoms with Crippen LogP contribution in [0.15, 0.2) is 303 Å². The van der Waals surface area contributed by atoms with Crippen LogP contribution in [-0.4, -0.2) is 11.9 Å². The number of fused-ring (bicyclic) bond motifs is 2. The largest absolute Gasteiger partial charge is 0.422 e. The van der Waals surface area contributed by atoms with Gasteiger partial charge in [-0.25, -0.2) is 9.59 Å². The summed E-state index contributed by atoms with van der Waals surface area (Å²) in [5.41, 5.74) is 25.2. The molecule has 0 aliphatic carbocycles. The average molecular weight is 1440 g/mol. The van der Waals surface area contributed by atoms with E-state index in [-0.39, 0.29) is 0 Å². The second-order valence-corrected chi connectivity index (χ2v) is 30.0. The fourth-order valence-corrected chi connectivity index (χ4v) is 15.5. The van der Waals surface area contributed by atoms with Gasteiger partial charge in [0.2, 0.25) is 0 Å². The minimum Gasteiger partial charge on any atom is -0.422 e. The highest BCUT2D eigenvalue weighted by Gasteiger charge is 2.25. The minimum absolute atomic E-state index is 0.328. The Labute approximate surface area is 652 Å². The molecule has 0 aliphatic rings. The summed E-state index contributed by atoms with van der Waals surface area (Å²) in [6.45, 7) is 9.02. The van der Waals surface area contributed by atoms with Gasteiger partial charge in [0.05, 0.1) is 11.1 Å². The maximum absolute atomic E-state index is 15.0. The molecule has 4 heteroatoms. The fraction of sp³-hybridized carbons (Fsp3) is 0.226. The Kier molecular flexibility index (Phi) is 25.4. The van der Waals surface area contributed by atoms with E-state index in [1.807, 2.05) is 72.8 Å². The topological polar surface area (TPSA) is 52.6 Å². The van der Waals surface area contributed by atoms with E-state index in [9.17, 15) is 0 Å². The van der Waals surface area contributed by atoms with E-state index in [1.165, 1.54) is 147 Å². The standard InChI is InChI=1S/C106H102O4/c1-5-9-13-15-19-23-77-29-37-79(38-30-77)83-41-45-87(46-42-83)89-57-61-93(62-58-89)105(107)109-101-71-67-97-73-95(91-53-49-85(50-54-91)81-33-25-75(26-34-81)21-17-11-7-3)65-69-99(97)103(101)104-100-70-66-96(92-55-51-86(52-56-92)82-35-27-76(28-36-82)22-18-12-8-4)74-98(100)68-72-102(104)110-106(108)94-63-59-90(60-64-94)88-47-43-84(44-48-88)80-39-31-78(32-40-80)24-20-16-14-10-6-2/h25-74H,5-24H2,1-4H3. The summed E-state index contributed by atoms with van der Waals surface area (Å²) in [6.07, 6.45) is 24.5. The molecule has 0 heterocycles. The number of carbonyl (C=O) groups is 2. The predicted molar refractivity (Wildman–Crippen MR) is 465 cm³/mol. The van der Waals surface area contributed by atoms with Crippen molar-refractivity contribution >= 4 is 33.5 Å². The van der Waals surface area contributed by atoms with Gasteiger partial charge >= 0.3 is 11.9 Å². The Morgan fingerprint density at radius 1 is 0.209 bits per heavy atom. The van der Waals surface area contributed by atoms with E-state index in [2.05, 4.69) is 258 Å². The summed E-state index contributed by atoms with van der Waals surface area (Å²) in [6, 6.07) is 107. The normalized spacial score (nSPS) is 11.3. The lowest BCUT2D eigenvalue weighted by Crippen LogP contribution is -2.11. The number of hydrogen-bond acceptors (Lipinski definition) is 4. The first-order valence-corrected chi connectivity index (χ1v) is 40.7. The van der Waals surface area contributed by atoms with Crippen LogP contribution in [0.3, 0.4) is 0 Å². The van der Waals surface area contributed by atoms with Crippen molar-refractivity contribution < 1.29 is 19.1 Å². The highest BCUT2D eigenvalue weighted by molar-refractivity contribution is 6.12. The zero-order chi connectivity index (χ0) is 75.4. The van der Waals surface area contributed by atoms with Gasteiger partial charge in [-0.2, -0.15) is 0 Å². The van der Waals surface area contributed by atoms with Crippen molar-refractivity contribution in [3.8, 4) is 112 Å². The van der Waals surface area contributed by atoms with Gasteiger partial charge in [-0.15, -0.1) is 0 Å². The van der Waals surface area contributed by atoms with E-state index < -0.39 is 11.9 Å². The molecule has 0 N–H and O–H groups in total. The van der Waals surface area contributed by atoms with Gasteiger partial charge in [-0.05, 0) is 233 Å². The molecular weight excluding hydrogens is 1340 g/mol. The van der Waals surface area contributed by atoms with Crippen molar-refractivity contribution in [2.45, 2.75) is 156 Å². The molecule has 14 rings (SSSR count). The molecule has 14 aromatic rings. The van der Waals surface area contributed by atoms with Gasteiger partial charge in [0.15, 0.2) is 0 Å². The number of unbranched alkanes of at least 4 members (excludes halogenated alkanes) is 12. The van der Waals surface area contributed by atoms with E-state index in [0.29, 0.717) is 33.8 Å². The lowest BCUT2D eigenvalue weighted by Gasteiger charge is -2.20. The molecule has 110 heavy (non-hydrogen) atoms. The summed E-state index contributed by atoms with van der Waals surface area (Å²) in [5, 5.41) is 3.48. The molecule has 0 unspecified atom stereocenters. The molecule has 550 valence electrons. The Morgan fingerprint density at radius 2 is 0.409 bits per heavy atom. The number of rotatable bonds is 33. The molecule has 0 fully saturated rings. The van der Waals surface area contributed by atoms with Crippen LogP contribution in [0, 0.1) is 0 Å². The maximum atomic E-state index is 15.0. The summed E-state index contributed by atoms with van der Waals surface area (Å²) in [5.74, 6) is -0.372. The van der Waals surface area contributed by atoms with E-state index >= 15 is 9.59 Å².